The number of hydrogen-bond donors (Lipinski definition) is 4. The van der Waals surface area contributed by atoms with Crippen molar-refractivity contribution in [3.63, 3.8) is 0 Å². The normalized spacial score (nSPS) is 25.1. The van der Waals surface area contributed by atoms with Gasteiger partial charge in [0.15, 0.2) is 5.69 Å². The number of nitrogens with zero attached hydrogens (tertiary/aromatic N) is 1. The van der Waals surface area contributed by atoms with Crippen molar-refractivity contribution in [1.29, 1.82) is 0 Å². The molecule has 39 heavy (non-hydrogen) atoms. The van der Waals surface area contributed by atoms with Crippen LogP contribution >= 0.6 is 0 Å². The van der Waals surface area contributed by atoms with Gasteiger partial charge in [0.1, 0.15) is 30.5 Å². The first-order chi connectivity index (χ1) is 18.8. The van der Waals surface area contributed by atoms with Crippen LogP contribution in [-0.4, -0.2) is 60.0 Å². The number of aromatic nitrogens is 1. The minimum atomic E-state index is -0.872. The van der Waals surface area contributed by atoms with E-state index in [2.05, 4.69) is 26.3 Å². The quantitative estimate of drug-likeness (QED) is 0.452. The van der Waals surface area contributed by atoms with E-state index in [9.17, 15) is 19.2 Å². The highest BCUT2D eigenvalue weighted by Crippen LogP contribution is 2.20. The third-order valence-electron chi connectivity index (χ3n) is 6.96. The van der Waals surface area contributed by atoms with Gasteiger partial charge in [-0.25, -0.2) is 4.98 Å². The Labute approximate surface area is 227 Å². The standard InChI is InChI=1S/C28H37N5O6/c1-17(2)23-27(37)31-20(15-18-9-4-3-5-10-18)28-32-21(16-39-28)24(34)29-13-7-6-11-19(25(35)33-23)30-26(36)22-12-8-14-38-22/h3-5,9-10,16-17,19-20,22-23H,6-8,11-15H2,1-2H3,(H,29,34)(H,30,36)(H,31,37)(H,33,35)/t19-,20+,22+,23-/m0/s1. The molecule has 0 unspecified atom stereocenters. The molecule has 0 aliphatic carbocycles. The molecular weight excluding hydrogens is 502 g/mol. The van der Waals surface area contributed by atoms with Gasteiger partial charge in [-0.1, -0.05) is 44.2 Å². The third-order valence-corrected chi connectivity index (χ3v) is 6.96. The van der Waals surface area contributed by atoms with Crippen LogP contribution < -0.4 is 21.3 Å². The van der Waals surface area contributed by atoms with Gasteiger partial charge in [-0.2, -0.15) is 0 Å². The van der Waals surface area contributed by atoms with E-state index in [1.807, 2.05) is 44.2 Å². The van der Waals surface area contributed by atoms with Crippen LogP contribution in [0.4, 0.5) is 0 Å². The van der Waals surface area contributed by atoms with Gasteiger partial charge in [0.25, 0.3) is 5.91 Å². The summed E-state index contributed by atoms with van der Waals surface area (Å²) in [6.07, 6.45) is 3.96. The van der Waals surface area contributed by atoms with Crippen LogP contribution in [0.3, 0.4) is 0 Å². The molecule has 1 aromatic heterocycles. The van der Waals surface area contributed by atoms with Crippen molar-refractivity contribution in [2.24, 2.45) is 5.92 Å². The van der Waals surface area contributed by atoms with Crippen molar-refractivity contribution < 1.29 is 28.3 Å². The maximum atomic E-state index is 13.5. The molecule has 4 N–H and O–H groups in total. The van der Waals surface area contributed by atoms with Gasteiger partial charge in [0, 0.05) is 19.6 Å². The first-order valence-corrected chi connectivity index (χ1v) is 13.6. The van der Waals surface area contributed by atoms with Crippen molar-refractivity contribution in [3.05, 3.63) is 53.7 Å². The SMILES string of the molecule is CC(C)[C@@H]1NC(=O)[C@@H](NC(=O)[C@H]2CCCO2)CCCCNC(=O)c2coc(n2)[C@@H](Cc2ccccc2)NC1=O. The summed E-state index contributed by atoms with van der Waals surface area (Å²) in [5.74, 6) is -1.62. The molecule has 4 rings (SSSR count). The topological polar surface area (TPSA) is 152 Å². The Morgan fingerprint density at radius 2 is 1.85 bits per heavy atom. The summed E-state index contributed by atoms with van der Waals surface area (Å²) in [5, 5.41) is 11.4. The van der Waals surface area contributed by atoms with Crippen LogP contribution in [-0.2, 0) is 25.5 Å². The molecule has 11 nitrogen and oxygen atoms in total. The molecule has 2 bridgehead atoms. The number of nitrogens with one attached hydrogen (secondary N) is 4. The molecule has 0 saturated carbocycles. The predicted octanol–water partition coefficient (Wildman–Crippen LogP) is 1.79. The molecule has 0 radical (unpaired) electrons. The summed E-state index contributed by atoms with van der Waals surface area (Å²) < 4.78 is 11.1. The smallest absolute Gasteiger partial charge is 0.273 e. The Morgan fingerprint density at radius 3 is 2.56 bits per heavy atom. The van der Waals surface area contributed by atoms with Crippen molar-refractivity contribution in [2.75, 3.05) is 13.2 Å². The molecule has 0 spiro atoms. The average molecular weight is 540 g/mol. The zero-order valence-corrected chi connectivity index (χ0v) is 22.4. The number of benzene rings is 1. The number of carbonyl (C=O) groups excluding carboxylic acids is 4. The zero-order chi connectivity index (χ0) is 27.8. The summed E-state index contributed by atoms with van der Waals surface area (Å²) in [6.45, 7) is 4.55. The number of carbonyl (C=O) groups is 4. The highest BCUT2D eigenvalue weighted by Gasteiger charge is 2.33. The molecule has 4 atom stereocenters. The van der Waals surface area contributed by atoms with Crippen LogP contribution in [0.1, 0.15) is 73.9 Å². The minimum absolute atomic E-state index is 0.125. The van der Waals surface area contributed by atoms with Crippen molar-refractivity contribution >= 4 is 23.6 Å². The highest BCUT2D eigenvalue weighted by atomic mass is 16.5. The number of rotatable bonds is 5. The Bertz CT molecular complexity index is 1140. The van der Waals surface area contributed by atoms with E-state index >= 15 is 0 Å². The number of oxazole rings is 1. The molecule has 1 saturated heterocycles. The zero-order valence-electron chi connectivity index (χ0n) is 22.4. The minimum Gasteiger partial charge on any atom is -0.446 e. The van der Waals surface area contributed by atoms with E-state index in [4.69, 9.17) is 9.15 Å². The number of fused-ring (bicyclic) bond motifs is 2. The Kier molecular flexibility index (Phi) is 9.69. The Hall–Kier alpha value is -3.73. The molecule has 11 heteroatoms. The van der Waals surface area contributed by atoms with E-state index in [1.54, 1.807) is 0 Å². The lowest BCUT2D eigenvalue weighted by atomic mass is 10.00. The maximum Gasteiger partial charge on any atom is 0.273 e. The first kappa shape index (κ1) is 28.3. The molecule has 210 valence electrons. The van der Waals surface area contributed by atoms with Crippen LogP contribution in [0, 0.1) is 5.92 Å². The van der Waals surface area contributed by atoms with Crippen molar-refractivity contribution in [3.8, 4) is 0 Å². The van der Waals surface area contributed by atoms with Crippen LogP contribution in [0.2, 0.25) is 0 Å². The monoisotopic (exact) mass is 539 g/mol. The molecule has 2 aliphatic heterocycles. The second kappa shape index (κ2) is 13.4. The van der Waals surface area contributed by atoms with E-state index in [-0.39, 0.29) is 29.3 Å². The number of amides is 4. The molecular formula is C28H37N5O6. The fraction of sp³-hybridized carbons (Fsp3) is 0.536. The summed E-state index contributed by atoms with van der Waals surface area (Å²) >= 11 is 0. The van der Waals surface area contributed by atoms with Gasteiger partial charge >= 0.3 is 0 Å². The van der Waals surface area contributed by atoms with Gasteiger partial charge in [-0.3, -0.25) is 19.2 Å². The van der Waals surface area contributed by atoms with Gasteiger partial charge in [-0.05, 0) is 43.6 Å². The van der Waals surface area contributed by atoms with E-state index in [0.29, 0.717) is 45.3 Å². The van der Waals surface area contributed by atoms with Gasteiger partial charge in [0.2, 0.25) is 23.6 Å². The van der Waals surface area contributed by atoms with Crippen LogP contribution in [0.25, 0.3) is 0 Å². The maximum absolute atomic E-state index is 13.5. The average Bonchev–Trinajstić information content (AvgIpc) is 3.63. The van der Waals surface area contributed by atoms with Crippen LogP contribution in [0.15, 0.2) is 41.0 Å². The second-order valence-corrected chi connectivity index (χ2v) is 10.4. The summed E-state index contributed by atoms with van der Waals surface area (Å²) in [4.78, 5) is 56.7. The molecule has 3 heterocycles. The van der Waals surface area contributed by atoms with Crippen molar-refractivity contribution in [2.45, 2.75) is 76.6 Å². The lowest BCUT2D eigenvalue weighted by Gasteiger charge is -2.27. The van der Waals surface area contributed by atoms with E-state index in [1.165, 1.54) is 6.26 Å². The third kappa shape index (κ3) is 7.66. The highest BCUT2D eigenvalue weighted by molar-refractivity contribution is 5.93. The van der Waals surface area contributed by atoms with Gasteiger partial charge in [0.05, 0.1) is 0 Å². The molecule has 1 aromatic carbocycles. The van der Waals surface area contributed by atoms with Gasteiger partial charge in [-0.15, -0.1) is 0 Å². The van der Waals surface area contributed by atoms with E-state index in [0.717, 1.165) is 12.0 Å². The fourth-order valence-electron chi connectivity index (χ4n) is 4.74. The fourth-order valence-corrected chi connectivity index (χ4v) is 4.74. The van der Waals surface area contributed by atoms with Crippen molar-refractivity contribution in [1.82, 2.24) is 26.3 Å². The second-order valence-electron chi connectivity index (χ2n) is 10.4. The number of hydrogen-bond acceptors (Lipinski definition) is 7. The molecule has 4 amide bonds. The van der Waals surface area contributed by atoms with Gasteiger partial charge < -0.3 is 30.4 Å². The molecule has 2 aliphatic rings. The lowest BCUT2D eigenvalue weighted by molar-refractivity contribution is -0.136. The summed E-state index contributed by atoms with van der Waals surface area (Å²) in [7, 11) is 0. The largest absolute Gasteiger partial charge is 0.446 e. The Balaban J connectivity index is 1.58. The first-order valence-electron chi connectivity index (χ1n) is 13.6. The number of ether oxygens (including phenoxy) is 1. The Morgan fingerprint density at radius 1 is 1.05 bits per heavy atom. The van der Waals surface area contributed by atoms with Crippen LogP contribution in [0.5, 0.6) is 0 Å². The summed E-state index contributed by atoms with van der Waals surface area (Å²) in [5.41, 5.74) is 1.06. The summed E-state index contributed by atoms with van der Waals surface area (Å²) in [6, 6.07) is 7.13. The van der Waals surface area contributed by atoms with E-state index < -0.39 is 36.0 Å². The molecule has 1 fully saturated rings. The lowest BCUT2D eigenvalue weighted by Crippen LogP contribution is -2.56. The predicted molar refractivity (Wildman–Crippen MR) is 141 cm³/mol. The molecule has 2 aromatic rings.